The van der Waals surface area contributed by atoms with E-state index in [4.69, 9.17) is 5.11 Å². The van der Waals surface area contributed by atoms with Crippen LogP contribution in [-0.4, -0.2) is 39.9 Å². The van der Waals surface area contributed by atoms with E-state index >= 15 is 0 Å². The van der Waals surface area contributed by atoms with Gasteiger partial charge in [0, 0.05) is 13.2 Å². The number of rotatable bonds is 5. The standard InChI is InChI=1S/C5H12N2O5S/c1-12-5(9)7-13(10,11)6-3-2-4-8/h6,8H,2-4H2,1H3,(H,7,9). The average Bonchev–Trinajstić information content (AvgIpc) is 2.03. The van der Waals surface area contributed by atoms with Crippen molar-refractivity contribution >= 4 is 16.3 Å². The smallest absolute Gasteiger partial charge is 0.421 e. The Balaban J connectivity index is 3.88. The fraction of sp³-hybridized carbons (Fsp3) is 0.800. The Hall–Kier alpha value is -0.860. The monoisotopic (exact) mass is 212 g/mol. The molecule has 0 radical (unpaired) electrons. The van der Waals surface area contributed by atoms with Crippen LogP contribution in [0.5, 0.6) is 0 Å². The van der Waals surface area contributed by atoms with E-state index in [1.165, 1.54) is 0 Å². The molecule has 0 saturated heterocycles. The molecule has 8 heteroatoms. The Kier molecular flexibility index (Phi) is 5.35. The molecule has 0 aromatic rings. The molecule has 0 aromatic heterocycles. The van der Waals surface area contributed by atoms with Crippen LogP contribution >= 0.6 is 0 Å². The quantitative estimate of drug-likeness (QED) is 0.484. The van der Waals surface area contributed by atoms with Gasteiger partial charge in [0.1, 0.15) is 0 Å². The molecular formula is C5H12N2O5S. The van der Waals surface area contributed by atoms with E-state index < -0.39 is 16.3 Å². The lowest BCUT2D eigenvalue weighted by atomic mass is 10.5. The Morgan fingerprint density at radius 3 is 2.62 bits per heavy atom. The summed E-state index contributed by atoms with van der Waals surface area (Å²) in [5, 5.41) is 8.34. The van der Waals surface area contributed by atoms with Gasteiger partial charge in [-0.25, -0.2) is 9.52 Å². The number of carbonyl (C=O) groups excluding carboxylic acids is 1. The van der Waals surface area contributed by atoms with E-state index in [1.54, 1.807) is 4.72 Å². The maximum Gasteiger partial charge on any atom is 0.421 e. The number of carbonyl (C=O) groups is 1. The minimum Gasteiger partial charge on any atom is -0.452 e. The number of nitrogens with one attached hydrogen (secondary N) is 2. The number of hydrogen-bond acceptors (Lipinski definition) is 5. The molecule has 3 N–H and O–H groups in total. The summed E-state index contributed by atoms with van der Waals surface area (Å²) in [6.45, 7) is -0.0659. The van der Waals surface area contributed by atoms with Crippen molar-refractivity contribution in [2.45, 2.75) is 6.42 Å². The van der Waals surface area contributed by atoms with E-state index in [1.807, 2.05) is 4.72 Å². The second kappa shape index (κ2) is 5.73. The zero-order valence-corrected chi connectivity index (χ0v) is 7.93. The maximum absolute atomic E-state index is 10.9. The first-order valence-corrected chi connectivity index (χ1v) is 4.96. The summed E-state index contributed by atoms with van der Waals surface area (Å²) in [6.07, 6.45) is -0.779. The molecule has 7 nitrogen and oxygen atoms in total. The van der Waals surface area contributed by atoms with Crippen LogP contribution in [0.3, 0.4) is 0 Å². The second-order valence-corrected chi connectivity index (χ2v) is 3.57. The molecule has 0 saturated carbocycles. The van der Waals surface area contributed by atoms with Crippen LogP contribution in [0, 0.1) is 0 Å². The summed E-state index contributed by atoms with van der Waals surface area (Å²) in [4.78, 5) is 10.5. The number of ether oxygens (including phenoxy) is 1. The highest BCUT2D eigenvalue weighted by atomic mass is 32.2. The van der Waals surface area contributed by atoms with Crippen molar-refractivity contribution in [2.75, 3.05) is 20.3 Å². The van der Waals surface area contributed by atoms with Crippen molar-refractivity contribution in [3.05, 3.63) is 0 Å². The molecule has 0 spiro atoms. The third-order valence-corrected chi connectivity index (χ3v) is 2.05. The molecule has 0 aliphatic heterocycles. The van der Waals surface area contributed by atoms with E-state index in [0.717, 1.165) is 7.11 Å². The van der Waals surface area contributed by atoms with Crippen molar-refractivity contribution in [2.24, 2.45) is 0 Å². The number of hydrogen-bond donors (Lipinski definition) is 3. The van der Waals surface area contributed by atoms with E-state index in [-0.39, 0.29) is 19.6 Å². The highest BCUT2D eigenvalue weighted by Gasteiger charge is 2.12. The fourth-order valence-corrected chi connectivity index (χ4v) is 1.26. The molecule has 0 bridgehead atoms. The van der Waals surface area contributed by atoms with Gasteiger partial charge in [0.15, 0.2) is 0 Å². The van der Waals surface area contributed by atoms with Gasteiger partial charge >= 0.3 is 16.3 Å². The lowest BCUT2D eigenvalue weighted by molar-refractivity contribution is 0.177. The van der Waals surface area contributed by atoms with Crippen molar-refractivity contribution < 1.29 is 23.1 Å². The van der Waals surface area contributed by atoms with Crippen LogP contribution < -0.4 is 9.44 Å². The topological polar surface area (TPSA) is 105 Å². The SMILES string of the molecule is COC(=O)NS(=O)(=O)NCCCO. The molecule has 0 aliphatic carbocycles. The number of aliphatic hydroxyl groups is 1. The molecule has 0 fully saturated rings. The summed E-state index contributed by atoms with van der Waals surface area (Å²) >= 11 is 0. The Bertz CT molecular complexity index is 250. The minimum atomic E-state index is -3.85. The lowest BCUT2D eigenvalue weighted by Gasteiger charge is -2.05. The molecule has 0 atom stereocenters. The first kappa shape index (κ1) is 12.1. The summed E-state index contributed by atoms with van der Waals surface area (Å²) in [5.74, 6) is 0. The van der Waals surface area contributed by atoms with Crippen LogP contribution in [0.25, 0.3) is 0 Å². The summed E-state index contributed by atoms with van der Waals surface area (Å²) in [5.41, 5.74) is 0. The van der Waals surface area contributed by atoms with E-state index in [9.17, 15) is 13.2 Å². The first-order chi connectivity index (χ1) is 6.02. The predicted octanol–water partition coefficient (Wildman–Crippen LogP) is -1.44. The second-order valence-electron chi connectivity index (χ2n) is 2.07. The fourth-order valence-electron chi connectivity index (χ4n) is 0.473. The highest BCUT2D eigenvalue weighted by Crippen LogP contribution is 1.81. The summed E-state index contributed by atoms with van der Waals surface area (Å²) < 4.78 is 29.4. The summed E-state index contributed by atoms with van der Waals surface area (Å²) in [7, 11) is -2.80. The molecule has 0 aromatic carbocycles. The van der Waals surface area contributed by atoms with Crippen LogP contribution in [0.1, 0.15) is 6.42 Å². The Labute approximate surface area is 76.3 Å². The van der Waals surface area contributed by atoms with E-state index in [2.05, 4.69) is 4.74 Å². The summed E-state index contributed by atoms with van der Waals surface area (Å²) in [6, 6.07) is 0. The molecule has 0 aliphatic rings. The van der Waals surface area contributed by atoms with Crippen LogP contribution in [0.4, 0.5) is 4.79 Å². The molecule has 0 heterocycles. The van der Waals surface area contributed by atoms with Gasteiger partial charge in [0.25, 0.3) is 0 Å². The zero-order valence-electron chi connectivity index (χ0n) is 7.11. The van der Waals surface area contributed by atoms with Crippen molar-refractivity contribution in [1.82, 2.24) is 9.44 Å². The average molecular weight is 212 g/mol. The van der Waals surface area contributed by atoms with Gasteiger partial charge in [-0.05, 0) is 6.42 Å². The molecule has 0 unspecified atom stereocenters. The highest BCUT2D eigenvalue weighted by molar-refractivity contribution is 7.88. The number of methoxy groups -OCH3 is 1. The Morgan fingerprint density at radius 2 is 2.15 bits per heavy atom. The zero-order chi connectivity index (χ0) is 10.3. The Morgan fingerprint density at radius 1 is 1.54 bits per heavy atom. The molecule has 78 valence electrons. The van der Waals surface area contributed by atoms with Gasteiger partial charge < -0.3 is 9.84 Å². The van der Waals surface area contributed by atoms with Gasteiger partial charge in [-0.2, -0.15) is 13.1 Å². The van der Waals surface area contributed by atoms with Crippen LogP contribution in [-0.2, 0) is 14.9 Å². The molecule has 13 heavy (non-hydrogen) atoms. The third kappa shape index (κ3) is 6.31. The third-order valence-electron chi connectivity index (χ3n) is 1.03. The van der Waals surface area contributed by atoms with Gasteiger partial charge in [-0.15, -0.1) is 0 Å². The molecule has 0 rings (SSSR count). The lowest BCUT2D eigenvalue weighted by Crippen LogP contribution is -2.40. The maximum atomic E-state index is 10.9. The van der Waals surface area contributed by atoms with Crippen molar-refractivity contribution in [3.63, 3.8) is 0 Å². The minimum absolute atomic E-state index is 0.0584. The number of amides is 1. The first-order valence-electron chi connectivity index (χ1n) is 3.48. The van der Waals surface area contributed by atoms with Gasteiger partial charge in [0.05, 0.1) is 7.11 Å². The van der Waals surface area contributed by atoms with Crippen LogP contribution in [0.15, 0.2) is 0 Å². The van der Waals surface area contributed by atoms with Crippen LogP contribution in [0.2, 0.25) is 0 Å². The van der Waals surface area contributed by atoms with Crippen molar-refractivity contribution in [1.29, 1.82) is 0 Å². The molecular weight excluding hydrogens is 200 g/mol. The van der Waals surface area contributed by atoms with Gasteiger partial charge in [-0.1, -0.05) is 0 Å². The van der Waals surface area contributed by atoms with Gasteiger partial charge in [0.2, 0.25) is 0 Å². The largest absolute Gasteiger partial charge is 0.452 e. The van der Waals surface area contributed by atoms with E-state index in [0.29, 0.717) is 0 Å². The normalized spacial score (nSPS) is 10.9. The van der Waals surface area contributed by atoms with Gasteiger partial charge in [-0.3, -0.25) is 0 Å². The number of aliphatic hydroxyl groups excluding tert-OH is 1. The predicted molar refractivity (Wildman–Crippen MR) is 44.2 cm³/mol. The van der Waals surface area contributed by atoms with Crippen molar-refractivity contribution in [3.8, 4) is 0 Å². The molecule has 1 amide bonds.